The molecular formula is C27H27N5O2. The van der Waals surface area contributed by atoms with Crippen molar-refractivity contribution in [3.8, 4) is 0 Å². The molecule has 2 saturated heterocycles. The maximum absolute atomic E-state index is 13.7. The maximum Gasteiger partial charge on any atom is 0.254 e. The summed E-state index contributed by atoms with van der Waals surface area (Å²) < 4.78 is 1.98. The zero-order valence-corrected chi connectivity index (χ0v) is 19.0. The van der Waals surface area contributed by atoms with Crippen LogP contribution in [0.2, 0.25) is 0 Å². The number of aromatic nitrogens is 3. The average molecular weight is 454 g/mol. The summed E-state index contributed by atoms with van der Waals surface area (Å²) in [6.07, 6.45) is 5.42. The van der Waals surface area contributed by atoms with Crippen LogP contribution in [0.15, 0.2) is 66.9 Å². The van der Waals surface area contributed by atoms with Gasteiger partial charge in [0.05, 0.1) is 12.0 Å². The van der Waals surface area contributed by atoms with Crippen molar-refractivity contribution in [3.63, 3.8) is 0 Å². The van der Waals surface area contributed by atoms with Crippen molar-refractivity contribution in [2.24, 2.45) is 5.92 Å². The second kappa shape index (κ2) is 8.56. The molecule has 34 heavy (non-hydrogen) atoms. The summed E-state index contributed by atoms with van der Waals surface area (Å²) in [5.74, 6) is 0.773. The Kier molecular flexibility index (Phi) is 5.24. The van der Waals surface area contributed by atoms with E-state index in [1.165, 1.54) is 0 Å². The van der Waals surface area contributed by atoms with Crippen LogP contribution in [-0.2, 0) is 4.79 Å². The first-order chi connectivity index (χ1) is 16.7. The molecule has 2 unspecified atom stereocenters. The Labute approximate surface area is 198 Å². The smallest absolute Gasteiger partial charge is 0.254 e. The van der Waals surface area contributed by atoms with E-state index in [1.54, 1.807) is 0 Å². The highest BCUT2D eigenvalue weighted by atomic mass is 16.2. The van der Waals surface area contributed by atoms with Crippen molar-refractivity contribution in [2.75, 3.05) is 19.6 Å². The van der Waals surface area contributed by atoms with E-state index in [0.29, 0.717) is 18.7 Å². The molecule has 2 amide bonds. The van der Waals surface area contributed by atoms with Crippen LogP contribution in [0.1, 0.15) is 47.9 Å². The van der Waals surface area contributed by atoms with Crippen molar-refractivity contribution in [1.82, 2.24) is 24.4 Å². The number of hydrogen-bond donors (Lipinski definition) is 0. The van der Waals surface area contributed by atoms with E-state index >= 15 is 0 Å². The minimum Gasteiger partial charge on any atom is -0.338 e. The monoisotopic (exact) mass is 453 g/mol. The van der Waals surface area contributed by atoms with E-state index in [0.717, 1.165) is 54.5 Å². The molecule has 0 N–H and O–H groups in total. The first-order valence-corrected chi connectivity index (χ1v) is 12.1. The Bertz CT molecular complexity index is 1370. The molecule has 7 nitrogen and oxygen atoms in total. The summed E-state index contributed by atoms with van der Waals surface area (Å²) in [5.41, 5.74) is 1.50. The van der Waals surface area contributed by atoms with E-state index in [-0.39, 0.29) is 23.8 Å². The molecule has 172 valence electrons. The first-order valence-electron chi connectivity index (χ1n) is 12.1. The Balaban J connectivity index is 1.23. The van der Waals surface area contributed by atoms with E-state index in [9.17, 15) is 9.59 Å². The Hall–Kier alpha value is -3.74. The van der Waals surface area contributed by atoms with E-state index < -0.39 is 0 Å². The van der Waals surface area contributed by atoms with Gasteiger partial charge in [0.2, 0.25) is 5.91 Å². The average Bonchev–Trinajstić information content (AvgIpc) is 3.54. The lowest BCUT2D eigenvalue weighted by Crippen LogP contribution is -2.46. The number of hydrogen-bond acceptors (Lipinski definition) is 4. The molecule has 4 aromatic rings. The summed E-state index contributed by atoms with van der Waals surface area (Å²) in [5, 5.41) is 10.7. The van der Waals surface area contributed by atoms with Crippen molar-refractivity contribution >= 4 is 28.2 Å². The van der Waals surface area contributed by atoms with Gasteiger partial charge in [0.25, 0.3) is 5.91 Å². The lowest BCUT2D eigenvalue weighted by molar-refractivity contribution is -0.138. The van der Waals surface area contributed by atoms with Crippen LogP contribution in [0.25, 0.3) is 16.4 Å². The number of piperidine rings is 1. The van der Waals surface area contributed by atoms with Crippen LogP contribution in [-0.4, -0.2) is 55.8 Å². The minimum absolute atomic E-state index is 0.00993. The van der Waals surface area contributed by atoms with Gasteiger partial charge < -0.3 is 9.80 Å². The lowest BCUT2D eigenvalue weighted by atomic mass is 9.94. The van der Waals surface area contributed by atoms with Gasteiger partial charge in [0, 0.05) is 31.4 Å². The van der Waals surface area contributed by atoms with Gasteiger partial charge in [-0.05, 0) is 54.7 Å². The third-order valence-electron chi connectivity index (χ3n) is 7.25. The number of likely N-dealkylation sites (tertiary alicyclic amines) is 2. The largest absolute Gasteiger partial charge is 0.338 e. The minimum atomic E-state index is -0.188. The first kappa shape index (κ1) is 20.8. The van der Waals surface area contributed by atoms with Crippen LogP contribution < -0.4 is 0 Å². The molecule has 0 spiro atoms. The topological polar surface area (TPSA) is 70.8 Å². The van der Waals surface area contributed by atoms with Gasteiger partial charge in [-0.15, -0.1) is 10.2 Å². The molecule has 0 saturated carbocycles. The molecule has 2 aromatic carbocycles. The molecule has 0 bridgehead atoms. The van der Waals surface area contributed by atoms with Gasteiger partial charge in [-0.1, -0.05) is 42.5 Å². The maximum atomic E-state index is 13.7. The molecule has 0 radical (unpaired) electrons. The summed E-state index contributed by atoms with van der Waals surface area (Å²) in [4.78, 5) is 31.0. The Morgan fingerprint density at radius 2 is 1.68 bits per heavy atom. The Morgan fingerprint density at radius 3 is 2.62 bits per heavy atom. The molecule has 2 fully saturated rings. The third kappa shape index (κ3) is 3.52. The number of rotatable bonds is 3. The molecule has 2 aromatic heterocycles. The SMILES string of the molecule is O=C(c1cccc2ccccc12)N1CCCC(C(=O)N2CCCC2c2nnc3ccccn23)C1. The highest BCUT2D eigenvalue weighted by molar-refractivity contribution is 6.07. The van der Waals surface area contributed by atoms with Crippen LogP contribution >= 0.6 is 0 Å². The molecule has 4 heterocycles. The van der Waals surface area contributed by atoms with Crippen molar-refractivity contribution < 1.29 is 9.59 Å². The standard InChI is InChI=1S/C27H27N5O2/c33-26(31-17-7-13-23(31)25-29-28-24-14-3-4-16-32(24)25)20-10-6-15-30(18-20)27(34)22-12-5-9-19-8-1-2-11-21(19)22/h1-5,8-9,11-12,14,16,20,23H,6-7,10,13,15,17-18H2. The van der Waals surface area contributed by atoms with Gasteiger partial charge in [-0.25, -0.2) is 0 Å². The normalized spacial score (nSPS) is 20.8. The van der Waals surface area contributed by atoms with Crippen molar-refractivity contribution in [3.05, 3.63) is 78.2 Å². The molecule has 7 heteroatoms. The summed E-state index contributed by atoms with van der Waals surface area (Å²) in [6, 6.07) is 19.6. The predicted molar refractivity (Wildman–Crippen MR) is 129 cm³/mol. The number of amides is 2. The van der Waals surface area contributed by atoms with Crippen molar-refractivity contribution in [1.29, 1.82) is 0 Å². The number of fused-ring (bicyclic) bond motifs is 2. The van der Waals surface area contributed by atoms with Gasteiger partial charge in [0.1, 0.15) is 0 Å². The summed E-state index contributed by atoms with van der Waals surface area (Å²) >= 11 is 0. The second-order valence-corrected chi connectivity index (χ2v) is 9.29. The summed E-state index contributed by atoms with van der Waals surface area (Å²) in [7, 11) is 0. The molecule has 2 aliphatic heterocycles. The van der Waals surface area contributed by atoms with Gasteiger partial charge >= 0.3 is 0 Å². The van der Waals surface area contributed by atoms with Gasteiger partial charge in [-0.2, -0.15) is 0 Å². The fourth-order valence-corrected chi connectivity index (χ4v) is 5.57. The number of carbonyl (C=O) groups excluding carboxylic acids is 2. The highest BCUT2D eigenvalue weighted by Gasteiger charge is 2.38. The van der Waals surface area contributed by atoms with E-state index in [4.69, 9.17) is 0 Å². The van der Waals surface area contributed by atoms with Crippen LogP contribution in [0.5, 0.6) is 0 Å². The molecule has 6 rings (SSSR count). The van der Waals surface area contributed by atoms with Crippen LogP contribution in [0.4, 0.5) is 0 Å². The van der Waals surface area contributed by atoms with Gasteiger partial charge in [0.15, 0.2) is 11.5 Å². The van der Waals surface area contributed by atoms with E-state index in [2.05, 4.69) is 10.2 Å². The zero-order chi connectivity index (χ0) is 23.1. The van der Waals surface area contributed by atoms with E-state index in [1.807, 2.05) is 81.1 Å². The fourth-order valence-electron chi connectivity index (χ4n) is 5.57. The quantitative estimate of drug-likeness (QED) is 0.468. The number of pyridine rings is 1. The number of benzene rings is 2. The Morgan fingerprint density at radius 1 is 0.853 bits per heavy atom. The van der Waals surface area contributed by atoms with Crippen LogP contribution in [0.3, 0.4) is 0 Å². The lowest BCUT2D eigenvalue weighted by Gasteiger charge is -2.35. The number of carbonyl (C=O) groups is 2. The molecule has 2 aliphatic rings. The molecule has 2 atom stereocenters. The van der Waals surface area contributed by atoms with Crippen LogP contribution in [0, 0.1) is 5.92 Å². The van der Waals surface area contributed by atoms with Crippen molar-refractivity contribution in [2.45, 2.75) is 31.7 Å². The fraction of sp³-hybridized carbons (Fsp3) is 0.333. The second-order valence-electron chi connectivity index (χ2n) is 9.29. The predicted octanol–water partition coefficient (Wildman–Crippen LogP) is 4.10. The third-order valence-corrected chi connectivity index (χ3v) is 7.25. The summed E-state index contributed by atoms with van der Waals surface area (Å²) in [6.45, 7) is 1.87. The van der Waals surface area contributed by atoms with Gasteiger partial charge in [-0.3, -0.25) is 14.0 Å². The molecule has 0 aliphatic carbocycles. The zero-order valence-electron chi connectivity index (χ0n) is 19.0. The highest BCUT2D eigenvalue weighted by Crippen LogP contribution is 2.34. The number of nitrogens with zero attached hydrogens (tertiary/aromatic N) is 5. The molecular weight excluding hydrogens is 426 g/mol.